The van der Waals surface area contributed by atoms with E-state index in [1.807, 2.05) is 34.1 Å². The number of carbonyl (C=O) groups is 1. The molecule has 0 aliphatic heterocycles. The van der Waals surface area contributed by atoms with Gasteiger partial charge in [0.15, 0.2) is 0 Å². The van der Waals surface area contributed by atoms with Crippen LogP contribution >= 0.6 is 0 Å². The van der Waals surface area contributed by atoms with E-state index >= 15 is 0 Å². The maximum Gasteiger partial charge on any atom is 0.319 e. The Bertz CT molecular complexity index is 675. The van der Waals surface area contributed by atoms with Crippen LogP contribution in [0.15, 0.2) is 30.5 Å². The van der Waals surface area contributed by atoms with E-state index in [0.717, 1.165) is 17.9 Å². The standard InChI is InChI=1S/C18H27N5O/c1-6-23-12-16(14(3)21-23)20-18(24)19-11-17(22(4)5)15-9-7-13(2)8-10-15/h7-10,12,17H,6,11H2,1-5H3,(H2,19,20,24). The third-order valence-corrected chi connectivity index (χ3v) is 4.06. The summed E-state index contributed by atoms with van der Waals surface area (Å²) in [6.45, 7) is 7.28. The number of benzene rings is 1. The molecule has 0 aliphatic carbocycles. The van der Waals surface area contributed by atoms with Crippen molar-refractivity contribution in [3.63, 3.8) is 0 Å². The number of amides is 2. The Morgan fingerprint density at radius 1 is 1.25 bits per heavy atom. The number of nitrogens with zero attached hydrogens (tertiary/aromatic N) is 3. The van der Waals surface area contributed by atoms with Gasteiger partial charge in [-0.05, 0) is 40.4 Å². The van der Waals surface area contributed by atoms with Crippen LogP contribution in [0.1, 0.15) is 29.8 Å². The molecular formula is C18H27N5O. The predicted molar refractivity (Wildman–Crippen MR) is 97.3 cm³/mol. The molecule has 2 amide bonds. The number of rotatable bonds is 6. The summed E-state index contributed by atoms with van der Waals surface area (Å²) in [5.74, 6) is 0. The first-order valence-corrected chi connectivity index (χ1v) is 8.22. The lowest BCUT2D eigenvalue weighted by Crippen LogP contribution is -2.36. The Hall–Kier alpha value is -2.34. The fourth-order valence-electron chi connectivity index (χ4n) is 2.55. The van der Waals surface area contributed by atoms with Crippen LogP contribution in [0, 0.1) is 13.8 Å². The number of aryl methyl sites for hydroxylation is 3. The van der Waals surface area contributed by atoms with Crippen molar-refractivity contribution in [2.75, 3.05) is 26.0 Å². The lowest BCUT2D eigenvalue weighted by molar-refractivity contribution is 0.243. The highest BCUT2D eigenvalue weighted by Crippen LogP contribution is 2.18. The van der Waals surface area contributed by atoms with Crippen LogP contribution < -0.4 is 10.6 Å². The fraction of sp³-hybridized carbons (Fsp3) is 0.444. The molecule has 0 fully saturated rings. The van der Waals surface area contributed by atoms with Crippen molar-refractivity contribution >= 4 is 11.7 Å². The number of hydrogen-bond acceptors (Lipinski definition) is 3. The predicted octanol–water partition coefficient (Wildman–Crippen LogP) is 2.94. The van der Waals surface area contributed by atoms with Crippen molar-refractivity contribution < 1.29 is 4.79 Å². The summed E-state index contributed by atoms with van der Waals surface area (Å²) < 4.78 is 1.81. The van der Waals surface area contributed by atoms with Gasteiger partial charge in [-0.2, -0.15) is 5.10 Å². The molecule has 24 heavy (non-hydrogen) atoms. The van der Waals surface area contributed by atoms with E-state index < -0.39 is 0 Å². The number of carbonyl (C=O) groups excluding carboxylic acids is 1. The highest BCUT2D eigenvalue weighted by atomic mass is 16.2. The zero-order valence-corrected chi connectivity index (χ0v) is 15.1. The maximum absolute atomic E-state index is 12.2. The molecule has 1 heterocycles. The van der Waals surface area contributed by atoms with E-state index in [-0.39, 0.29) is 12.1 Å². The van der Waals surface area contributed by atoms with Crippen molar-refractivity contribution in [2.45, 2.75) is 33.4 Å². The summed E-state index contributed by atoms with van der Waals surface area (Å²) in [5.41, 5.74) is 3.96. The second kappa shape index (κ2) is 7.97. The summed E-state index contributed by atoms with van der Waals surface area (Å²) in [6.07, 6.45) is 1.85. The molecule has 0 spiro atoms. The Morgan fingerprint density at radius 2 is 1.92 bits per heavy atom. The lowest BCUT2D eigenvalue weighted by atomic mass is 10.0. The van der Waals surface area contributed by atoms with Crippen LogP contribution in [0.5, 0.6) is 0 Å². The van der Waals surface area contributed by atoms with Crippen molar-refractivity contribution in [1.29, 1.82) is 0 Å². The van der Waals surface area contributed by atoms with Crippen molar-refractivity contribution in [3.8, 4) is 0 Å². The van der Waals surface area contributed by atoms with Crippen molar-refractivity contribution in [3.05, 3.63) is 47.3 Å². The minimum absolute atomic E-state index is 0.121. The van der Waals surface area contributed by atoms with Crippen LogP contribution in [0.4, 0.5) is 10.5 Å². The molecule has 0 saturated carbocycles. The number of hydrogen-bond donors (Lipinski definition) is 2. The van der Waals surface area contributed by atoms with Gasteiger partial charge in [0.1, 0.15) is 0 Å². The van der Waals surface area contributed by atoms with Gasteiger partial charge >= 0.3 is 6.03 Å². The van der Waals surface area contributed by atoms with Crippen molar-refractivity contribution in [1.82, 2.24) is 20.0 Å². The molecule has 2 N–H and O–H groups in total. The molecule has 1 atom stereocenters. The minimum Gasteiger partial charge on any atom is -0.336 e. The van der Waals surface area contributed by atoms with Crippen LogP contribution in [-0.4, -0.2) is 41.4 Å². The second-order valence-electron chi connectivity index (χ2n) is 6.21. The zero-order valence-electron chi connectivity index (χ0n) is 15.1. The van der Waals surface area contributed by atoms with Crippen LogP contribution in [0.3, 0.4) is 0 Å². The van der Waals surface area contributed by atoms with E-state index in [1.165, 1.54) is 11.1 Å². The largest absolute Gasteiger partial charge is 0.336 e. The summed E-state index contributed by atoms with van der Waals surface area (Å²) in [7, 11) is 4.03. The lowest BCUT2D eigenvalue weighted by Gasteiger charge is -2.25. The zero-order chi connectivity index (χ0) is 17.7. The molecular weight excluding hydrogens is 302 g/mol. The quantitative estimate of drug-likeness (QED) is 0.856. The normalized spacial score (nSPS) is 12.2. The van der Waals surface area contributed by atoms with Gasteiger partial charge in [-0.3, -0.25) is 4.68 Å². The summed E-state index contributed by atoms with van der Waals surface area (Å²) >= 11 is 0. The molecule has 6 heteroatoms. The summed E-state index contributed by atoms with van der Waals surface area (Å²) in [5, 5.41) is 10.1. The van der Waals surface area contributed by atoms with Gasteiger partial charge in [0.05, 0.1) is 17.4 Å². The topological polar surface area (TPSA) is 62.2 Å². The number of anilines is 1. The molecule has 130 valence electrons. The van der Waals surface area contributed by atoms with Crippen LogP contribution in [0.2, 0.25) is 0 Å². The minimum atomic E-state index is -0.215. The van der Waals surface area contributed by atoms with Gasteiger partial charge in [0.2, 0.25) is 0 Å². The Labute approximate surface area is 143 Å². The molecule has 2 rings (SSSR count). The summed E-state index contributed by atoms with van der Waals surface area (Å²) in [6, 6.07) is 8.30. The summed E-state index contributed by atoms with van der Waals surface area (Å²) in [4.78, 5) is 14.3. The van der Waals surface area contributed by atoms with Gasteiger partial charge < -0.3 is 15.5 Å². The number of urea groups is 1. The Morgan fingerprint density at radius 3 is 2.46 bits per heavy atom. The van der Waals surface area contributed by atoms with E-state index in [9.17, 15) is 4.79 Å². The Kier molecular flexibility index (Phi) is 5.98. The first-order valence-electron chi connectivity index (χ1n) is 8.22. The second-order valence-corrected chi connectivity index (χ2v) is 6.21. The number of likely N-dealkylation sites (N-methyl/N-ethyl adjacent to an activating group) is 1. The molecule has 1 aromatic carbocycles. The van der Waals surface area contributed by atoms with Crippen LogP contribution in [-0.2, 0) is 6.54 Å². The molecule has 1 unspecified atom stereocenters. The molecule has 1 aromatic heterocycles. The molecule has 0 saturated heterocycles. The molecule has 6 nitrogen and oxygen atoms in total. The van der Waals surface area contributed by atoms with Gasteiger partial charge in [-0.1, -0.05) is 29.8 Å². The SMILES string of the molecule is CCn1cc(NC(=O)NCC(c2ccc(C)cc2)N(C)C)c(C)n1. The smallest absolute Gasteiger partial charge is 0.319 e. The average Bonchev–Trinajstić information content (AvgIpc) is 2.89. The van der Waals surface area contributed by atoms with Gasteiger partial charge in [-0.25, -0.2) is 4.79 Å². The van der Waals surface area contributed by atoms with E-state index in [0.29, 0.717) is 6.54 Å². The van der Waals surface area contributed by atoms with Gasteiger partial charge in [-0.15, -0.1) is 0 Å². The maximum atomic E-state index is 12.2. The first kappa shape index (κ1) is 18.0. The molecule has 2 aromatic rings. The average molecular weight is 329 g/mol. The third kappa shape index (κ3) is 4.58. The van der Waals surface area contributed by atoms with E-state index in [1.54, 1.807) is 4.68 Å². The number of nitrogens with one attached hydrogen (secondary N) is 2. The third-order valence-electron chi connectivity index (χ3n) is 4.06. The molecule has 0 radical (unpaired) electrons. The van der Waals surface area contributed by atoms with E-state index in [4.69, 9.17) is 0 Å². The number of aromatic nitrogens is 2. The van der Waals surface area contributed by atoms with Gasteiger partial charge in [0, 0.05) is 19.3 Å². The van der Waals surface area contributed by atoms with Crippen LogP contribution in [0.25, 0.3) is 0 Å². The highest BCUT2D eigenvalue weighted by Gasteiger charge is 2.16. The van der Waals surface area contributed by atoms with Crippen molar-refractivity contribution in [2.24, 2.45) is 0 Å². The monoisotopic (exact) mass is 329 g/mol. The highest BCUT2D eigenvalue weighted by molar-refractivity contribution is 5.89. The Balaban J connectivity index is 1.97. The van der Waals surface area contributed by atoms with Gasteiger partial charge in [0.25, 0.3) is 0 Å². The van der Waals surface area contributed by atoms with E-state index in [2.05, 4.69) is 51.8 Å². The molecule has 0 aliphatic rings. The first-order chi connectivity index (χ1) is 11.4. The fourth-order valence-corrected chi connectivity index (χ4v) is 2.55. The molecule has 0 bridgehead atoms.